The lowest BCUT2D eigenvalue weighted by atomic mass is 9.93. The van der Waals surface area contributed by atoms with Crippen LogP contribution in [0.3, 0.4) is 0 Å². The standard InChI is InChI=1S/C20H22ClN5O2/c21-16-8-1-2-9-17(16)28-11-15-6-3-5-14(7-4-10-27)26(15)20-18-19(23-12-22-18)24-13-25-20/h1-2,8-10,12-15H,3-7,11H2,(H,22,23,24,25)/t14-,15+/m0/s1. The first-order chi connectivity index (χ1) is 13.8. The van der Waals surface area contributed by atoms with Gasteiger partial charge in [-0.2, -0.15) is 0 Å². The smallest absolute Gasteiger partial charge is 0.162 e. The first-order valence-electron chi connectivity index (χ1n) is 9.51. The van der Waals surface area contributed by atoms with E-state index in [1.54, 1.807) is 12.7 Å². The zero-order valence-corrected chi connectivity index (χ0v) is 16.2. The Bertz CT molecular complexity index is 947. The predicted octanol–water partition coefficient (Wildman–Crippen LogP) is 3.79. The maximum Gasteiger partial charge on any atom is 0.162 e. The molecule has 3 aromatic rings. The fourth-order valence-electron chi connectivity index (χ4n) is 3.91. The Kier molecular flexibility index (Phi) is 5.71. The quantitative estimate of drug-likeness (QED) is 0.608. The third-order valence-electron chi connectivity index (χ3n) is 5.19. The first kappa shape index (κ1) is 18.7. The molecule has 2 atom stereocenters. The molecule has 0 radical (unpaired) electrons. The monoisotopic (exact) mass is 399 g/mol. The number of ether oxygens (including phenoxy) is 1. The van der Waals surface area contributed by atoms with Crippen LogP contribution in [0.25, 0.3) is 11.2 Å². The van der Waals surface area contributed by atoms with Gasteiger partial charge in [-0.3, -0.25) is 0 Å². The molecule has 7 nitrogen and oxygen atoms in total. The van der Waals surface area contributed by atoms with Crippen molar-refractivity contribution in [2.24, 2.45) is 0 Å². The van der Waals surface area contributed by atoms with E-state index in [2.05, 4.69) is 24.8 Å². The van der Waals surface area contributed by atoms with Gasteiger partial charge in [-0.05, 0) is 37.8 Å². The molecule has 0 unspecified atom stereocenters. The molecule has 8 heteroatoms. The molecule has 0 saturated carbocycles. The van der Waals surface area contributed by atoms with Gasteiger partial charge in [0.25, 0.3) is 0 Å². The molecule has 1 aliphatic heterocycles. The predicted molar refractivity (Wildman–Crippen MR) is 108 cm³/mol. The minimum absolute atomic E-state index is 0.108. The lowest BCUT2D eigenvalue weighted by molar-refractivity contribution is -0.108. The number of nitrogens with zero attached hydrogens (tertiary/aromatic N) is 4. The highest BCUT2D eigenvalue weighted by Crippen LogP contribution is 2.34. The third-order valence-corrected chi connectivity index (χ3v) is 5.50. The van der Waals surface area contributed by atoms with Crippen LogP contribution in [0.15, 0.2) is 36.9 Å². The summed E-state index contributed by atoms with van der Waals surface area (Å²) in [6, 6.07) is 7.79. The molecule has 4 rings (SSSR count). The Morgan fingerprint density at radius 2 is 2.07 bits per heavy atom. The van der Waals surface area contributed by atoms with E-state index >= 15 is 0 Å². The number of para-hydroxylation sites is 1. The minimum atomic E-state index is 0.108. The molecule has 0 spiro atoms. The van der Waals surface area contributed by atoms with Gasteiger partial charge in [0, 0.05) is 12.5 Å². The van der Waals surface area contributed by atoms with Gasteiger partial charge in [-0.15, -0.1) is 0 Å². The number of anilines is 1. The molecule has 0 amide bonds. The number of benzene rings is 1. The number of rotatable bonds is 7. The number of hydrogen-bond donors (Lipinski definition) is 1. The summed E-state index contributed by atoms with van der Waals surface area (Å²) in [7, 11) is 0. The van der Waals surface area contributed by atoms with Crippen LogP contribution in [0.2, 0.25) is 5.02 Å². The lowest BCUT2D eigenvalue weighted by Crippen LogP contribution is -2.50. The van der Waals surface area contributed by atoms with Gasteiger partial charge in [0.05, 0.1) is 17.4 Å². The topological polar surface area (TPSA) is 84.0 Å². The minimum Gasteiger partial charge on any atom is -0.490 e. The van der Waals surface area contributed by atoms with Crippen LogP contribution in [0.5, 0.6) is 5.75 Å². The maximum atomic E-state index is 11.0. The van der Waals surface area contributed by atoms with Gasteiger partial charge in [0.2, 0.25) is 0 Å². The number of aromatic nitrogens is 4. The zero-order valence-electron chi connectivity index (χ0n) is 15.4. The molecular weight excluding hydrogens is 378 g/mol. The number of aromatic amines is 1. The molecule has 1 aromatic carbocycles. The van der Waals surface area contributed by atoms with Gasteiger partial charge < -0.3 is 19.4 Å². The van der Waals surface area contributed by atoms with E-state index in [-0.39, 0.29) is 12.1 Å². The number of H-pyrrole nitrogens is 1. The summed E-state index contributed by atoms with van der Waals surface area (Å²) in [6.45, 7) is 0.483. The summed E-state index contributed by atoms with van der Waals surface area (Å²) < 4.78 is 6.06. The largest absolute Gasteiger partial charge is 0.490 e. The van der Waals surface area contributed by atoms with E-state index in [0.29, 0.717) is 29.4 Å². The van der Waals surface area contributed by atoms with Crippen molar-refractivity contribution in [2.45, 2.75) is 44.2 Å². The average Bonchev–Trinajstić information content (AvgIpc) is 3.21. The number of nitrogens with one attached hydrogen (secondary N) is 1. The van der Waals surface area contributed by atoms with Crippen molar-refractivity contribution < 1.29 is 9.53 Å². The highest BCUT2D eigenvalue weighted by Gasteiger charge is 2.33. The molecule has 0 aliphatic carbocycles. The van der Waals surface area contributed by atoms with E-state index in [1.165, 1.54) is 0 Å². The van der Waals surface area contributed by atoms with Gasteiger partial charge in [-0.1, -0.05) is 23.7 Å². The highest BCUT2D eigenvalue weighted by molar-refractivity contribution is 6.32. The second kappa shape index (κ2) is 8.56. The van der Waals surface area contributed by atoms with Crippen LogP contribution in [-0.2, 0) is 4.79 Å². The normalized spacial score (nSPS) is 19.7. The third kappa shape index (κ3) is 3.80. The molecule has 2 aromatic heterocycles. The molecule has 3 heterocycles. The number of aldehydes is 1. The Labute approximate surface area is 168 Å². The fourth-order valence-corrected chi connectivity index (χ4v) is 4.10. The Hall–Kier alpha value is -2.67. The number of piperidine rings is 1. The Morgan fingerprint density at radius 1 is 1.21 bits per heavy atom. The van der Waals surface area contributed by atoms with Crippen molar-refractivity contribution in [3.63, 3.8) is 0 Å². The Balaban J connectivity index is 1.64. The van der Waals surface area contributed by atoms with Gasteiger partial charge in [0.15, 0.2) is 11.5 Å². The number of hydrogen-bond acceptors (Lipinski definition) is 6. The van der Waals surface area contributed by atoms with Crippen LogP contribution in [0.1, 0.15) is 32.1 Å². The summed E-state index contributed by atoms with van der Waals surface area (Å²) in [5, 5.41) is 0.596. The Morgan fingerprint density at radius 3 is 2.93 bits per heavy atom. The average molecular weight is 400 g/mol. The highest BCUT2D eigenvalue weighted by atomic mass is 35.5. The molecule has 0 bridgehead atoms. The molecular formula is C20H22ClN5O2. The SMILES string of the molecule is O=CCC[C@@H]1CCC[C@H](COc2ccccc2Cl)N1c1ncnc2[nH]cnc12. The van der Waals surface area contributed by atoms with E-state index in [1.807, 2.05) is 24.3 Å². The van der Waals surface area contributed by atoms with Crippen LogP contribution in [0.4, 0.5) is 5.82 Å². The van der Waals surface area contributed by atoms with Crippen LogP contribution in [0, 0.1) is 0 Å². The van der Waals surface area contributed by atoms with Crippen LogP contribution in [-0.4, -0.2) is 44.9 Å². The molecule has 1 aliphatic rings. The second-order valence-electron chi connectivity index (χ2n) is 6.93. The summed E-state index contributed by atoms with van der Waals surface area (Å²) >= 11 is 6.24. The summed E-state index contributed by atoms with van der Waals surface area (Å²) in [6.07, 6.45) is 8.51. The number of carbonyl (C=O) groups excluding carboxylic acids is 1. The van der Waals surface area contributed by atoms with Gasteiger partial charge >= 0.3 is 0 Å². The van der Waals surface area contributed by atoms with Crippen molar-refractivity contribution in [1.29, 1.82) is 0 Å². The number of fused-ring (bicyclic) bond motifs is 1. The zero-order chi connectivity index (χ0) is 19.3. The van der Waals surface area contributed by atoms with Crippen LogP contribution >= 0.6 is 11.6 Å². The van der Waals surface area contributed by atoms with Gasteiger partial charge in [-0.25, -0.2) is 15.0 Å². The van der Waals surface area contributed by atoms with Crippen LogP contribution < -0.4 is 9.64 Å². The van der Waals surface area contributed by atoms with Crippen molar-refractivity contribution in [3.05, 3.63) is 41.9 Å². The number of imidazole rings is 1. The first-order valence-corrected chi connectivity index (χ1v) is 9.89. The lowest BCUT2D eigenvalue weighted by Gasteiger charge is -2.43. The van der Waals surface area contributed by atoms with Crippen molar-refractivity contribution >= 4 is 34.9 Å². The summed E-state index contributed by atoms with van der Waals surface area (Å²) in [4.78, 5) is 29.5. The second-order valence-corrected chi connectivity index (χ2v) is 7.34. The van der Waals surface area contributed by atoms with E-state index < -0.39 is 0 Å². The van der Waals surface area contributed by atoms with E-state index in [9.17, 15) is 4.79 Å². The maximum absolute atomic E-state index is 11.0. The van der Waals surface area contributed by atoms with Crippen molar-refractivity contribution in [3.8, 4) is 5.75 Å². The molecule has 146 valence electrons. The number of carbonyl (C=O) groups is 1. The molecule has 1 fully saturated rings. The van der Waals surface area contributed by atoms with E-state index in [4.69, 9.17) is 16.3 Å². The summed E-state index contributed by atoms with van der Waals surface area (Å²) in [5.74, 6) is 1.46. The van der Waals surface area contributed by atoms with Crippen molar-refractivity contribution in [1.82, 2.24) is 19.9 Å². The van der Waals surface area contributed by atoms with Gasteiger partial charge in [0.1, 0.15) is 30.5 Å². The fraction of sp³-hybridized carbons (Fsp3) is 0.400. The number of halogens is 1. The molecule has 1 saturated heterocycles. The van der Waals surface area contributed by atoms with Crippen molar-refractivity contribution in [2.75, 3.05) is 11.5 Å². The summed E-state index contributed by atoms with van der Waals surface area (Å²) in [5.41, 5.74) is 1.44. The van der Waals surface area contributed by atoms with E-state index in [0.717, 1.165) is 43.3 Å². The molecule has 1 N–H and O–H groups in total. The molecule has 28 heavy (non-hydrogen) atoms.